The molecule has 3 aromatic rings. The molecule has 152 valence electrons. The smallest absolute Gasteiger partial charge is 0.295 e. The molecule has 0 spiro atoms. The number of nitrogens with zero attached hydrogens (tertiary/aromatic N) is 4. The fourth-order valence-electron chi connectivity index (χ4n) is 3.34. The number of piperazine rings is 1. The normalized spacial score (nSPS) is 15.2. The van der Waals surface area contributed by atoms with Crippen LogP contribution in [0.2, 0.25) is 0 Å². The number of benzene rings is 1. The van der Waals surface area contributed by atoms with Gasteiger partial charge in [0.05, 0.1) is 11.0 Å². The monoisotopic (exact) mass is 400 g/mol. The van der Waals surface area contributed by atoms with Crippen LogP contribution < -0.4 is 10.2 Å². The minimum Gasteiger partial charge on any atom is -0.354 e. The van der Waals surface area contributed by atoms with Gasteiger partial charge in [0, 0.05) is 44.5 Å². The number of H-pyrrole nitrogens is 1. The highest BCUT2D eigenvalue weighted by molar-refractivity contribution is 5.97. The summed E-state index contributed by atoms with van der Waals surface area (Å²) >= 11 is 0. The van der Waals surface area contributed by atoms with E-state index in [0.717, 1.165) is 37.6 Å². The van der Waals surface area contributed by atoms with Crippen LogP contribution >= 0.6 is 0 Å². The maximum absolute atomic E-state index is 12.8. The number of aromatic amines is 1. The summed E-state index contributed by atoms with van der Waals surface area (Å²) < 4.78 is 25.6. The SMILES string of the molecule is CN1CCN(c2cc(CNC(=O)c3ccc4nc(C(F)F)[nH]c4c3)ccn2)CC1. The Bertz CT molecular complexity index is 1010. The van der Waals surface area contributed by atoms with Gasteiger partial charge in [-0.05, 0) is 42.9 Å². The van der Waals surface area contributed by atoms with Crippen molar-refractivity contribution in [2.24, 2.45) is 0 Å². The second-order valence-electron chi connectivity index (χ2n) is 7.15. The van der Waals surface area contributed by atoms with E-state index in [1.165, 1.54) is 6.07 Å². The zero-order chi connectivity index (χ0) is 20.4. The topological polar surface area (TPSA) is 77.1 Å². The molecule has 0 unspecified atom stereocenters. The molecule has 29 heavy (non-hydrogen) atoms. The third-order valence-electron chi connectivity index (χ3n) is 5.06. The molecule has 2 aromatic heterocycles. The molecule has 9 heteroatoms. The standard InChI is InChI=1S/C20H22F2N6O/c1-27-6-8-28(9-7-27)17-10-13(4-5-23-17)12-24-20(29)14-2-3-15-16(11-14)26-19(25-15)18(21)22/h2-5,10-11,18H,6-9,12H2,1H3,(H,24,29)(H,25,26). The number of fused-ring (bicyclic) bond motifs is 1. The van der Waals surface area contributed by atoms with Crippen LogP contribution in [0.1, 0.15) is 28.2 Å². The first kappa shape index (κ1) is 19.3. The molecule has 7 nitrogen and oxygen atoms in total. The second kappa shape index (κ2) is 8.12. The molecular formula is C20H22F2N6O. The average molecular weight is 400 g/mol. The van der Waals surface area contributed by atoms with Crippen molar-refractivity contribution in [1.29, 1.82) is 0 Å². The fraction of sp³-hybridized carbons (Fsp3) is 0.350. The summed E-state index contributed by atoms with van der Waals surface area (Å²) in [7, 11) is 2.10. The van der Waals surface area contributed by atoms with Gasteiger partial charge in [-0.1, -0.05) is 0 Å². The van der Waals surface area contributed by atoms with Gasteiger partial charge in [0.25, 0.3) is 12.3 Å². The average Bonchev–Trinajstić information content (AvgIpc) is 3.16. The molecular weight excluding hydrogens is 378 g/mol. The van der Waals surface area contributed by atoms with Crippen molar-refractivity contribution in [2.75, 3.05) is 38.1 Å². The highest BCUT2D eigenvalue weighted by atomic mass is 19.3. The summed E-state index contributed by atoms with van der Waals surface area (Å²) in [5.74, 6) is 0.229. The van der Waals surface area contributed by atoms with E-state index in [2.05, 4.69) is 37.1 Å². The van der Waals surface area contributed by atoms with Crippen molar-refractivity contribution in [3.05, 3.63) is 53.5 Å². The Hall–Kier alpha value is -3.07. The van der Waals surface area contributed by atoms with E-state index in [1.807, 2.05) is 12.1 Å². The van der Waals surface area contributed by atoms with Crippen molar-refractivity contribution in [1.82, 2.24) is 25.2 Å². The van der Waals surface area contributed by atoms with E-state index in [4.69, 9.17) is 0 Å². The van der Waals surface area contributed by atoms with Gasteiger partial charge in [-0.25, -0.2) is 18.7 Å². The predicted molar refractivity (Wildman–Crippen MR) is 106 cm³/mol. The quantitative estimate of drug-likeness (QED) is 0.689. The zero-order valence-electron chi connectivity index (χ0n) is 16.0. The molecule has 0 radical (unpaired) electrons. The predicted octanol–water partition coefficient (Wildman–Crippen LogP) is 2.58. The van der Waals surface area contributed by atoms with Crippen LogP contribution in [-0.4, -0.2) is 59.0 Å². The number of imidazole rings is 1. The molecule has 0 atom stereocenters. The maximum atomic E-state index is 12.8. The largest absolute Gasteiger partial charge is 0.354 e. The molecule has 0 aliphatic carbocycles. The summed E-state index contributed by atoms with van der Waals surface area (Å²) in [5, 5.41) is 2.87. The third kappa shape index (κ3) is 4.34. The van der Waals surface area contributed by atoms with E-state index < -0.39 is 12.2 Å². The summed E-state index contributed by atoms with van der Waals surface area (Å²) in [4.78, 5) is 27.8. The number of hydrogen-bond donors (Lipinski definition) is 2. The Morgan fingerprint density at radius 2 is 2.00 bits per heavy atom. The molecule has 2 N–H and O–H groups in total. The van der Waals surface area contributed by atoms with E-state index >= 15 is 0 Å². The number of carbonyl (C=O) groups is 1. The number of amides is 1. The molecule has 1 aromatic carbocycles. The molecule has 1 amide bonds. The lowest BCUT2D eigenvalue weighted by Gasteiger charge is -2.33. The van der Waals surface area contributed by atoms with Crippen LogP contribution in [-0.2, 0) is 6.54 Å². The van der Waals surface area contributed by atoms with E-state index in [1.54, 1.807) is 18.3 Å². The van der Waals surface area contributed by atoms with Crippen LogP contribution in [0.4, 0.5) is 14.6 Å². The van der Waals surface area contributed by atoms with Crippen LogP contribution in [0, 0.1) is 0 Å². The third-order valence-corrected chi connectivity index (χ3v) is 5.06. The van der Waals surface area contributed by atoms with Gasteiger partial charge in [0.2, 0.25) is 0 Å². The van der Waals surface area contributed by atoms with Gasteiger partial charge in [-0.3, -0.25) is 4.79 Å². The Kier molecular flexibility index (Phi) is 5.39. The van der Waals surface area contributed by atoms with Crippen LogP contribution in [0.15, 0.2) is 36.5 Å². The lowest BCUT2D eigenvalue weighted by molar-refractivity contribution is 0.0951. The molecule has 3 heterocycles. The molecule has 1 fully saturated rings. The molecule has 1 saturated heterocycles. The van der Waals surface area contributed by atoms with Crippen molar-refractivity contribution in [3.63, 3.8) is 0 Å². The number of halogens is 2. The Morgan fingerprint density at radius 1 is 1.21 bits per heavy atom. The number of likely N-dealkylation sites (N-methyl/N-ethyl adjacent to an activating group) is 1. The number of anilines is 1. The van der Waals surface area contributed by atoms with Gasteiger partial charge >= 0.3 is 0 Å². The first-order chi connectivity index (χ1) is 14.0. The summed E-state index contributed by atoms with van der Waals surface area (Å²) in [6.07, 6.45) is -0.932. The Morgan fingerprint density at radius 3 is 2.76 bits per heavy atom. The van der Waals surface area contributed by atoms with Crippen molar-refractivity contribution in [3.8, 4) is 0 Å². The highest BCUT2D eigenvalue weighted by Crippen LogP contribution is 2.21. The number of carbonyl (C=O) groups excluding carboxylic acids is 1. The lowest BCUT2D eigenvalue weighted by atomic mass is 10.1. The number of rotatable bonds is 5. The Balaban J connectivity index is 1.41. The van der Waals surface area contributed by atoms with E-state index in [-0.39, 0.29) is 5.91 Å². The number of hydrogen-bond acceptors (Lipinski definition) is 5. The van der Waals surface area contributed by atoms with Crippen LogP contribution in [0.25, 0.3) is 11.0 Å². The van der Waals surface area contributed by atoms with Gasteiger partial charge in [-0.2, -0.15) is 0 Å². The highest BCUT2D eigenvalue weighted by Gasteiger charge is 2.16. The van der Waals surface area contributed by atoms with Gasteiger partial charge < -0.3 is 20.1 Å². The van der Waals surface area contributed by atoms with Gasteiger partial charge in [0.15, 0.2) is 5.82 Å². The Labute approximate surface area is 166 Å². The van der Waals surface area contributed by atoms with Crippen molar-refractivity contribution in [2.45, 2.75) is 13.0 Å². The van der Waals surface area contributed by atoms with E-state index in [0.29, 0.717) is 23.1 Å². The number of nitrogens with one attached hydrogen (secondary N) is 2. The molecule has 1 aliphatic heterocycles. The fourth-order valence-corrected chi connectivity index (χ4v) is 3.34. The maximum Gasteiger partial charge on any atom is 0.295 e. The summed E-state index contributed by atoms with van der Waals surface area (Å²) in [6.45, 7) is 4.18. The van der Waals surface area contributed by atoms with Gasteiger partial charge in [-0.15, -0.1) is 0 Å². The minimum atomic E-state index is -2.68. The molecule has 0 bridgehead atoms. The molecule has 1 aliphatic rings. The van der Waals surface area contributed by atoms with Crippen molar-refractivity contribution < 1.29 is 13.6 Å². The first-order valence-electron chi connectivity index (χ1n) is 9.44. The number of pyridine rings is 1. The van der Waals surface area contributed by atoms with Crippen LogP contribution in [0.3, 0.4) is 0 Å². The minimum absolute atomic E-state index is 0.280. The van der Waals surface area contributed by atoms with Crippen LogP contribution in [0.5, 0.6) is 0 Å². The lowest BCUT2D eigenvalue weighted by Crippen LogP contribution is -2.44. The van der Waals surface area contributed by atoms with E-state index in [9.17, 15) is 13.6 Å². The zero-order valence-corrected chi connectivity index (χ0v) is 16.0. The number of alkyl halides is 2. The summed E-state index contributed by atoms with van der Waals surface area (Å²) in [6, 6.07) is 8.53. The first-order valence-corrected chi connectivity index (χ1v) is 9.44. The van der Waals surface area contributed by atoms with Gasteiger partial charge in [0.1, 0.15) is 5.82 Å². The van der Waals surface area contributed by atoms with Crippen molar-refractivity contribution >= 4 is 22.8 Å². The summed E-state index contributed by atoms with van der Waals surface area (Å²) in [5.41, 5.74) is 2.15. The second-order valence-corrected chi connectivity index (χ2v) is 7.15. The molecule has 0 saturated carbocycles. The number of aromatic nitrogens is 3. The molecule has 4 rings (SSSR count).